The zero-order valence-corrected chi connectivity index (χ0v) is 11.0. The fourth-order valence-corrected chi connectivity index (χ4v) is 3.28. The van der Waals surface area contributed by atoms with Crippen LogP contribution in [0, 0.1) is 11.8 Å². The van der Waals surface area contributed by atoms with Gasteiger partial charge in [0, 0.05) is 19.6 Å². The van der Waals surface area contributed by atoms with E-state index in [9.17, 15) is 8.42 Å². The average molecular weight is 249 g/mol. The first-order valence-corrected chi connectivity index (χ1v) is 7.34. The third-order valence-electron chi connectivity index (χ3n) is 2.98. The maximum absolute atomic E-state index is 11.9. The van der Waals surface area contributed by atoms with Gasteiger partial charge in [0.15, 0.2) is 0 Å². The Morgan fingerprint density at radius 1 is 1.56 bits per heavy atom. The molecule has 0 radical (unpaired) electrons. The van der Waals surface area contributed by atoms with Crippen LogP contribution in [-0.2, 0) is 10.2 Å². The molecule has 0 aromatic carbocycles. The van der Waals surface area contributed by atoms with Gasteiger partial charge in [0.25, 0.3) is 10.2 Å². The third kappa shape index (κ3) is 4.01. The van der Waals surface area contributed by atoms with Crippen LogP contribution in [0.2, 0.25) is 0 Å². The van der Waals surface area contributed by atoms with Crippen molar-refractivity contribution >= 4 is 10.2 Å². The Labute approximate surface area is 98.6 Å². The van der Waals surface area contributed by atoms with Crippen molar-refractivity contribution in [3.63, 3.8) is 0 Å². The van der Waals surface area contributed by atoms with Gasteiger partial charge in [-0.2, -0.15) is 12.7 Å². The summed E-state index contributed by atoms with van der Waals surface area (Å²) in [4.78, 5) is 0. The highest BCUT2D eigenvalue weighted by Gasteiger charge is 2.26. The van der Waals surface area contributed by atoms with E-state index in [-0.39, 0.29) is 5.92 Å². The SMILES string of the molecule is CC(CN)CNS(=O)(=O)N1CCCC(C)C1. The molecular weight excluding hydrogens is 226 g/mol. The molecule has 96 valence electrons. The second-order valence-corrected chi connectivity index (χ2v) is 6.55. The van der Waals surface area contributed by atoms with Crippen molar-refractivity contribution in [2.75, 3.05) is 26.2 Å². The van der Waals surface area contributed by atoms with Gasteiger partial charge in [-0.1, -0.05) is 13.8 Å². The van der Waals surface area contributed by atoms with Gasteiger partial charge in [-0.25, -0.2) is 4.72 Å². The minimum atomic E-state index is -3.29. The molecule has 5 nitrogen and oxygen atoms in total. The fourth-order valence-electron chi connectivity index (χ4n) is 1.79. The Morgan fingerprint density at radius 2 is 2.25 bits per heavy atom. The molecule has 1 aliphatic rings. The van der Waals surface area contributed by atoms with E-state index in [4.69, 9.17) is 5.73 Å². The number of nitrogens with two attached hydrogens (primary N) is 1. The van der Waals surface area contributed by atoms with Crippen LogP contribution in [0.1, 0.15) is 26.7 Å². The van der Waals surface area contributed by atoms with E-state index < -0.39 is 10.2 Å². The predicted octanol–water partition coefficient (Wildman–Crippen LogP) is 0.148. The fraction of sp³-hybridized carbons (Fsp3) is 1.00. The van der Waals surface area contributed by atoms with E-state index in [1.54, 1.807) is 4.31 Å². The van der Waals surface area contributed by atoms with Gasteiger partial charge in [-0.05, 0) is 31.2 Å². The quantitative estimate of drug-likeness (QED) is 0.728. The number of nitrogens with one attached hydrogen (secondary N) is 1. The summed E-state index contributed by atoms with van der Waals surface area (Å²) in [5.74, 6) is 0.634. The van der Waals surface area contributed by atoms with Crippen LogP contribution in [0.5, 0.6) is 0 Å². The molecule has 1 saturated heterocycles. The first-order valence-electron chi connectivity index (χ1n) is 5.90. The molecule has 1 aliphatic heterocycles. The second-order valence-electron chi connectivity index (χ2n) is 4.80. The van der Waals surface area contributed by atoms with Crippen molar-refractivity contribution in [2.24, 2.45) is 17.6 Å². The summed E-state index contributed by atoms with van der Waals surface area (Å²) >= 11 is 0. The number of hydrogen-bond acceptors (Lipinski definition) is 3. The van der Waals surface area contributed by atoms with E-state index in [1.165, 1.54) is 0 Å². The molecule has 6 heteroatoms. The highest BCUT2D eigenvalue weighted by atomic mass is 32.2. The van der Waals surface area contributed by atoms with Gasteiger partial charge in [-0.3, -0.25) is 0 Å². The maximum Gasteiger partial charge on any atom is 0.279 e. The molecule has 1 heterocycles. The van der Waals surface area contributed by atoms with Crippen molar-refractivity contribution in [1.29, 1.82) is 0 Å². The molecule has 0 amide bonds. The standard InChI is InChI=1S/C10H23N3O2S/c1-9-4-3-5-13(8-9)16(14,15)12-7-10(2)6-11/h9-10,12H,3-8,11H2,1-2H3. The minimum absolute atomic E-state index is 0.178. The Balaban J connectivity index is 2.49. The summed E-state index contributed by atoms with van der Waals surface area (Å²) in [6.07, 6.45) is 2.07. The van der Waals surface area contributed by atoms with Crippen molar-refractivity contribution in [3.8, 4) is 0 Å². The van der Waals surface area contributed by atoms with Crippen LogP contribution in [0.25, 0.3) is 0 Å². The Hall–Kier alpha value is -0.170. The molecule has 0 bridgehead atoms. The zero-order chi connectivity index (χ0) is 12.2. The molecule has 3 N–H and O–H groups in total. The van der Waals surface area contributed by atoms with Crippen molar-refractivity contribution in [3.05, 3.63) is 0 Å². The van der Waals surface area contributed by atoms with Crippen molar-refractivity contribution < 1.29 is 8.42 Å². The molecule has 2 unspecified atom stereocenters. The van der Waals surface area contributed by atoms with Crippen LogP contribution >= 0.6 is 0 Å². The van der Waals surface area contributed by atoms with E-state index in [2.05, 4.69) is 11.6 Å². The van der Waals surface area contributed by atoms with Gasteiger partial charge >= 0.3 is 0 Å². The molecule has 0 aromatic rings. The van der Waals surface area contributed by atoms with E-state index in [1.807, 2.05) is 6.92 Å². The predicted molar refractivity (Wildman–Crippen MR) is 65.1 cm³/mol. The Kier molecular flexibility index (Phi) is 5.17. The summed E-state index contributed by atoms with van der Waals surface area (Å²) in [5, 5.41) is 0. The van der Waals surface area contributed by atoms with Crippen molar-refractivity contribution in [2.45, 2.75) is 26.7 Å². The first-order chi connectivity index (χ1) is 7.45. The van der Waals surface area contributed by atoms with E-state index >= 15 is 0 Å². The van der Waals surface area contributed by atoms with Gasteiger partial charge in [-0.15, -0.1) is 0 Å². The molecule has 0 spiro atoms. The van der Waals surface area contributed by atoms with E-state index in [0.29, 0.717) is 32.1 Å². The molecule has 1 rings (SSSR count). The Bertz CT molecular complexity index is 305. The lowest BCUT2D eigenvalue weighted by Crippen LogP contribution is -2.46. The summed E-state index contributed by atoms with van der Waals surface area (Å²) in [6.45, 7) is 6.21. The van der Waals surface area contributed by atoms with Crippen LogP contribution in [0.15, 0.2) is 0 Å². The molecule has 0 aliphatic carbocycles. The number of hydrogen-bond donors (Lipinski definition) is 2. The smallest absolute Gasteiger partial charge is 0.279 e. The average Bonchev–Trinajstić information content (AvgIpc) is 2.26. The van der Waals surface area contributed by atoms with Gasteiger partial charge in [0.1, 0.15) is 0 Å². The molecule has 1 fully saturated rings. The zero-order valence-electron chi connectivity index (χ0n) is 10.1. The monoisotopic (exact) mass is 249 g/mol. The van der Waals surface area contributed by atoms with E-state index in [0.717, 1.165) is 12.8 Å². The maximum atomic E-state index is 11.9. The summed E-state index contributed by atoms with van der Waals surface area (Å²) in [7, 11) is -3.29. The molecular formula is C10H23N3O2S. The van der Waals surface area contributed by atoms with Gasteiger partial charge < -0.3 is 5.73 Å². The van der Waals surface area contributed by atoms with Crippen LogP contribution in [0.4, 0.5) is 0 Å². The minimum Gasteiger partial charge on any atom is -0.330 e. The Morgan fingerprint density at radius 3 is 2.81 bits per heavy atom. The van der Waals surface area contributed by atoms with Gasteiger partial charge in [0.2, 0.25) is 0 Å². The lowest BCUT2D eigenvalue weighted by molar-refractivity contribution is 0.277. The highest BCUT2D eigenvalue weighted by Crippen LogP contribution is 2.17. The highest BCUT2D eigenvalue weighted by molar-refractivity contribution is 7.87. The lowest BCUT2D eigenvalue weighted by atomic mass is 10.0. The summed E-state index contributed by atoms with van der Waals surface area (Å²) in [6, 6.07) is 0. The topological polar surface area (TPSA) is 75.4 Å². The molecule has 0 aromatic heterocycles. The third-order valence-corrected chi connectivity index (χ3v) is 4.52. The van der Waals surface area contributed by atoms with Gasteiger partial charge in [0.05, 0.1) is 0 Å². The molecule has 0 saturated carbocycles. The number of rotatable bonds is 5. The first kappa shape index (κ1) is 13.9. The number of nitrogens with zero attached hydrogens (tertiary/aromatic N) is 1. The normalized spacial score (nSPS) is 25.6. The molecule has 2 atom stereocenters. The van der Waals surface area contributed by atoms with Crippen LogP contribution in [-0.4, -0.2) is 38.9 Å². The summed E-state index contributed by atoms with van der Waals surface area (Å²) in [5.41, 5.74) is 5.45. The van der Waals surface area contributed by atoms with Crippen LogP contribution < -0.4 is 10.5 Å². The lowest BCUT2D eigenvalue weighted by Gasteiger charge is -2.30. The largest absolute Gasteiger partial charge is 0.330 e. The second kappa shape index (κ2) is 5.95. The van der Waals surface area contributed by atoms with Crippen molar-refractivity contribution in [1.82, 2.24) is 9.03 Å². The molecule has 16 heavy (non-hydrogen) atoms. The summed E-state index contributed by atoms with van der Waals surface area (Å²) < 4.78 is 28.0. The van der Waals surface area contributed by atoms with Crippen LogP contribution in [0.3, 0.4) is 0 Å². The number of piperidine rings is 1.